The Kier molecular flexibility index (Phi) is 6.74. The summed E-state index contributed by atoms with van der Waals surface area (Å²) >= 11 is 1.86. The zero-order valence-corrected chi connectivity index (χ0v) is 25.3. The van der Waals surface area contributed by atoms with E-state index in [4.69, 9.17) is 9.98 Å². The molecule has 210 valence electrons. The number of fused-ring (bicyclic) bond motifs is 3. The smallest absolute Gasteiger partial charge is 0.155 e. The summed E-state index contributed by atoms with van der Waals surface area (Å²) in [6, 6.07) is 52.0. The monoisotopic (exact) mass is 582 g/mol. The Balaban J connectivity index is 1.29. The van der Waals surface area contributed by atoms with Crippen LogP contribution in [-0.2, 0) is 0 Å². The summed E-state index contributed by atoms with van der Waals surface area (Å²) in [5, 5.41) is 2.64. The lowest BCUT2D eigenvalue weighted by molar-refractivity contribution is 0.755. The van der Waals surface area contributed by atoms with Crippen LogP contribution in [0.5, 0.6) is 0 Å². The molecule has 2 nitrogen and oxygen atoms in total. The van der Waals surface area contributed by atoms with Crippen molar-refractivity contribution in [2.75, 3.05) is 0 Å². The van der Waals surface area contributed by atoms with Crippen LogP contribution in [0.2, 0.25) is 0 Å². The molecule has 0 saturated heterocycles. The standard InChI is InChI=1S/C41H30N2S/c1-27-22-23-32(35(24-27)33-19-11-21-39-40(33)34-18-8-9-20-38(34)44-39)37-26-36(42-41(43-37)29-14-6-3-7-15-29)31-17-10-16-30(25-31)28-12-4-2-5-13-28/h2-25,37H,26H2,1H3. The maximum atomic E-state index is 5.36. The zero-order chi connectivity index (χ0) is 29.5. The van der Waals surface area contributed by atoms with Crippen LogP contribution < -0.4 is 0 Å². The highest BCUT2D eigenvalue weighted by Crippen LogP contribution is 2.43. The second-order valence-electron chi connectivity index (χ2n) is 11.4. The van der Waals surface area contributed by atoms with E-state index in [-0.39, 0.29) is 6.04 Å². The normalized spacial score (nSPS) is 14.9. The molecule has 44 heavy (non-hydrogen) atoms. The lowest BCUT2D eigenvalue weighted by Gasteiger charge is -2.24. The van der Waals surface area contributed by atoms with Gasteiger partial charge in [0, 0.05) is 32.2 Å². The lowest BCUT2D eigenvalue weighted by atomic mass is 9.87. The van der Waals surface area contributed by atoms with Crippen LogP contribution in [0.3, 0.4) is 0 Å². The van der Waals surface area contributed by atoms with Gasteiger partial charge in [-0.05, 0) is 58.5 Å². The molecule has 7 aromatic rings. The molecule has 1 aliphatic rings. The molecule has 0 spiro atoms. The van der Waals surface area contributed by atoms with Gasteiger partial charge in [-0.2, -0.15) is 0 Å². The van der Waals surface area contributed by atoms with Gasteiger partial charge in [0.05, 0.1) is 11.8 Å². The SMILES string of the molecule is Cc1ccc(C2CC(c3cccc(-c4ccccc4)c3)=NC(c3ccccc3)=N2)c(-c2cccc3sc4ccccc4c23)c1. The van der Waals surface area contributed by atoms with Crippen LogP contribution in [0, 0.1) is 6.92 Å². The Morgan fingerprint density at radius 3 is 2.09 bits per heavy atom. The fraction of sp³-hybridized carbons (Fsp3) is 0.0732. The van der Waals surface area contributed by atoms with E-state index in [1.54, 1.807) is 0 Å². The maximum Gasteiger partial charge on any atom is 0.155 e. The molecule has 1 unspecified atom stereocenters. The van der Waals surface area contributed by atoms with Crippen molar-refractivity contribution in [2.45, 2.75) is 19.4 Å². The third-order valence-electron chi connectivity index (χ3n) is 8.50. The summed E-state index contributed by atoms with van der Waals surface area (Å²) in [6.45, 7) is 2.18. The molecule has 0 radical (unpaired) electrons. The Hall–Kier alpha value is -5.12. The van der Waals surface area contributed by atoms with E-state index in [0.29, 0.717) is 0 Å². The summed E-state index contributed by atoms with van der Waals surface area (Å²) in [5.74, 6) is 0.785. The number of thiophene rings is 1. The van der Waals surface area contributed by atoms with E-state index >= 15 is 0 Å². The third kappa shape index (κ3) is 4.86. The second-order valence-corrected chi connectivity index (χ2v) is 12.5. The van der Waals surface area contributed by atoms with Crippen LogP contribution in [0.4, 0.5) is 0 Å². The average molecular weight is 583 g/mol. The van der Waals surface area contributed by atoms with E-state index < -0.39 is 0 Å². The van der Waals surface area contributed by atoms with E-state index in [1.807, 2.05) is 17.4 Å². The van der Waals surface area contributed by atoms with Crippen LogP contribution in [-0.4, -0.2) is 11.5 Å². The number of hydrogen-bond acceptors (Lipinski definition) is 3. The summed E-state index contributed by atoms with van der Waals surface area (Å²) in [4.78, 5) is 10.6. The minimum absolute atomic E-state index is 0.0751. The Morgan fingerprint density at radius 2 is 1.25 bits per heavy atom. The molecular weight excluding hydrogens is 553 g/mol. The first-order chi connectivity index (χ1) is 21.7. The molecule has 0 saturated carbocycles. The van der Waals surface area contributed by atoms with E-state index in [9.17, 15) is 0 Å². The number of benzene rings is 6. The summed E-state index contributed by atoms with van der Waals surface area (Å²) < 4.78 is 2.63. The van der Waals surface area contributed by atoms with Crippen molar-refractivity contribution in [1.82, 2.24) is 0 Å². The molecule has 0 N–H and O–H groups in total. The molecule has 1 aromatic heterocycles. The van der Waals surface area contributed by atoms with Crippen molar-refractivity contribution in [2.24, 2.45) is 9.98 Å². The highest BCUT2D eigenvalue weighted by molar-refractivity contribution is 7.25. The van der Waals surface area contributed by atoms with E-state index in [1.165, 1.54) is 53.6 Å². The number of aliphatic imine (C=N–C) groups is 2. The van der Waals surface area contributed by atoms with E-state index in [2.05, 4.69) is 146 Å². The number of hydrogen-bond donors (Lipinski definition) is 0. The molecule has 0 fully saturated rings. The molecule has 1 atom stereocenters. The molecule has 6 aromatic carbocycles. The summed E-state index contributed by atoms with van der Waals surface area (Å²) in [7, 11) is 0. The van der Waals surface area contributed by atoms with Crippen LogP contribution in [0.25, 0.3) is 42.4 Å². The van der Waals surface area contributed by atoms with Gasteiger partial charge in [0.15, 0.2) is 5.84 Å². The summed E-state index contributed by atoms with van der Waals surface area (Å²) in [6.07, 6.45) is 0.727. The van der Waals surface area contributed by atoms with Gasteiger partial charge in [-0.3, -0.25) is 4.99 Å². The molecule has 0 bridgehead atoms. The maximum absolute atomic E-state index is 5.36. The number of rotatable bonds is 5. The second kappa shape index (κ2) is 11.2. The van der Waals surface area contributed by atoms with Gasteiger partial charge in [0.25, 0.3) is 0 Å². The average Bonchev–Trinajstić information content (AvgIpc) is 3.48. The molecule has 8 rings (SSSR count). The molecule has 2 heterocycles. The van der Waals surface area contributed by atoms with E-state index in [0.717, 1.165) is 29.1 Å². The van der Waals surface area contributed by atoms with Crippen molar-refractivity contribution in [1.29, 1.82) is 0 Å². The first-order valence-electron chi connectivity index (χ1n) is 15.1. The number of aryl methyl sites for hydroxylation is 1. The molecule has 0 amide bonds. The first kappa shape index (κ1) is 26.5. The number of nitrogens with zero attached hydrogens (tertiary/aromatic N) is 2. The first-order valence-corrected chi connectivity index (χ1v) is 15.9. The van der Waals surface area contributed by atoms with Gasteiger partial charge in [-0.25, -0.2) is 4.99 Å². The minimum Gasteiger partial charge on any atom is -0.258 e. The fourth-order valence-electron chi connectivity index (χ4n) is 6.37. The molecule has 3 heteroatoms. The molecular formula is C41H30N2S. The predicted octanol–water partition coefficient (Wildman–Crippen LogP) is 11.1. The summed E-state index contributed by atoms with van der Waals surface area (Å²) in [5.41, 5.74) is 10.6. The van der Waals surface area contributed by atoms with Crippen LogP contribution in [0.1, 0.15) is 34.7 Å². The van der Waals surface area contributed by atoms with Crippen molar-refractivity contribution in [3.63, 3.8) is 0 Å². The van der Waals surface area contributed by atoms with Crippen molar-refractivity contribution < 1.29 is 0 Å². The van der Waals surface area contributed by atoms with Gasteiger partial charge in [0.1, 0.15) is 0 Å². The van der Waals surface area contributed by atoms with Crippen LogP contribution in [0.15, 0.2) is 156 Å². The Bertz CT molecular complexity index is 2210. The molecule has 0 aliphatic carbocycles. The quantitative estimate of drug-likeness (QED) is 0.193. The highest BCUT2D eigenvalue weighted by atomic mass is 32.1. The van der Waals surface area contributed by atoms with Crippen molar-refractivity contribution in [3.05, 3.63) is 168 Å². The lowest BCUT2D eigenvalue weighted by Crippen LogP contribution is -2.18. The Labute approximate surface area is 261 Å². The highest BCUT2D eigenvalue weighted by Gasteiger charge is 2.25. The molecule has 1 aliphatic heterocycles. The zero-order valence-electron chi connectivity index (χ0n) is 24.4. The van der Waals surface area contributed by atoms with Gasteiger partial charge in [0.2, 0.25) is 0 Å². The van der Waals surface area contributed by atoms with Crippen LogP contribution >= 0.6 is 11.3 Å². The third-order valence-corrected chi connectivity index (χ3v) is 9.64. The van der Waals surface area contributed by atoms with Crippen molar-refractivity contribution in [3.8, 4) is 22.3 Å². The van der Waals surface area contributed by atoms with Crippen molar-refractivity contribution >= 4 is 43.1 Å². The fourth-order valence-corrected chi connectivity index (χ4v) is 7.50. The van der Waals surface area contributed by atoms with Gasteiger partial charge < -0.3 is 0 Å². The van der Waals surface area contributed by atoms with Gasteiger partial charge in [-0.15, -0.1) is 11.3 Å². The Morgan fingerprint density at radius 1 is 0.568 bits per heavy atom. The minimum atomic E-state index is -0.0751. The topological polar surface area (TPSA) is 24.7 Å². The predicted molar refractivity (Wildman–Crippen MR) is 188 cm³/mol. The van der Waals surface area contributed by atoms with Gasteiger partial charge >= 0.3 is 0 Å². The largest absolute Gasteiger partial charge is 0.258 e. The number of amidine groups is 1. The van der Waals surface area contributed by atoms with Gasteiger partial charge in [-0.1, -0.05) is 133 Å².